The summed E-state index contributed by atoms with van der Waals surface area (Å²) >= 11 is 0. The van der Waals surface area contributed by atoms with Crippen LogP contribution in [0.25, 0.3) is 10.9 Å². The number of nitrogens with one attached hydrogen (secondary N) is 1. The fraction of sp³-hybridized carbons (Fsp3) is 0.478. The van der Waals surface area contributed by atoms with Crippen LogP contribution in [0.15, 0.2) is 36.4 Å². The third kappa shape index (κ3) is 8.66. The standard InChI is InChI=1S/C17H19N3O4.C6H13NO2/c21-16(22)15(19-17(23)20-7-9-24-10-8-20)11-13-6-5-12-3-1-2-4-14(12)18-13;1-4(2)3-5(7)6(8)9/h1-6,15H,7-11H2,(H,19,23)(H,21,22);4-5H,3,7H2,1-2H3,(H,8,9)/t15-;5-/m00/s1. The molecule has 2 heterocycles. The van der Waals surface area contributed by atoms with E-state index in [1.165, 1.54) is 0 Å². The van der Waals surface area contributed by atoms with Gasteiger partial charge >= 0.3 is 18.0 Å². The van der Waals surface area contributed by atoms with Crippen LogP contribution in [-0.2, 0) is 20.7 Å². The zero-order valence-corrected chi connectivity index (χ0v) is 18.9. The van der Waals surface area contributed by atoms with Crippen molar-refractivity contribution in [2.75, 3.05) is 26.3 Å². The number of aliphatic carboxylic acids is 2. The highest BCUT2D eigenvalue weighted by molar-refractivity contribution is 5.83. The predicted molar refractivity (Wildman–Crippen MR) is 123 cm³/mol. The Morgan fingerprint density at radius 2 is 1.76 bits per heavy atom. The van der Waals surface area contributed by atoms with Gasteiger partial charge in [0.2, 0.25) is 0 Å². The van der Waals surface area contributed by atoms with Gasteiger partial charge in [0.05, 0.1) is 18.7 Å². The van der Waals surface area contributed by atoms with Crippen molar-refractivity contribution in [3.8, 4) is 0 Å². The zero-order valence-electron chi connectivity index (χ0n) is 18.9. The largest absolute Gasteiger partial charge is 0.480 e. The van der Waals surface area contributed by atoms with E-state index in [4.69, 9.17) is 15.6 Å². The van der Waals surface area contributed by atoms with Crippen molar-refractivity contribution in [3.63, 3.8) is 0 Å². The molecule has 10 nitrogen and oxygen atoms in total. The van der Waals surface area contributed by atoms with Gasteiger partial charge in [-0.25, -0.2) is 9.59 Å². The molecule has 1 aliphatic heterocycles. The Labute approximate surface area is 192 Å². The highest BCUT2D eigenvalue weighted by Gasteiger charge is 2.25. The van der Waals surface area contributed by atoms with Crippen molar-refractivity contribution in [2.24, 2.45) is 11.7 Å². The first-order valence-corrected chi connectivity index (χ1v) is 10.9. The van der Waals surface area contributed by atoms with Crippen molar-refractivity contribution >= 4 is 28.9 Å². The average Bonchev–Trinajstić information content (AvgIpc) is 2.79. The highest BCUT2D eigenvalue weighted by atomic mass is 16.5. The second kappa shape index (κ2) is 12.7. The van der Waals surface area contributed by atoms with Crippen LogP contribution in [0.2, 0.25) is 0 Å². The summed E-state index contributed by atoms with van der Waals surface area (Å²) < 4.78 is 5.19. The lowest BCUT2D eigenvalue weighted by molar-refractivity contribution is -0.140. The minimum atomic E-state index is -1.08. The van der Waals surface area contributed by atoms with Gasteiger partial charge in [-0.15, -0.1) is 0 Å². The van der Waals surface area contributed by atoms with Crippen molar-refractivity contribution in [3.05, 3.63) is 42.1 Å². The smallest absolute Gasteiger partial charge is 0.326 e. The van der Waals surface area contributed by atoms with Crippen LogP contribution in [0.1, 0.15) is 26.0 Å². The van der Waals surface area contributed by atoms with Gasteiger partial charge < -0.3 is 30.9 Å². The number of urea groups is 1. The molecule has 180 valence electrons. The Balaban J connectivity index is 0.000000365. The highest BCUT2D eigenvalue weighted by Crippen LogP contribution is 2.13. The number of carboxylic acids is 2. The van der Waals surface area contributed by atoms with Gasteiger partial charge in [-0.05, 0) is 24.5 Å². The molecule has 0 saturated carbocycles. The van der Waals surface area contributed by atoms with Crippen LogP contribution in [0, 0.1) is 5.92 Å². The molecule has 0 aliphatic carbocycles. The summed E-state index contributed by atoms with van der Waals surface area (Å²) in [5, 5.41) is 21.3. The Kier molecular flexibility index (Phi) is 10.0. The minimum Gasteiger partial charge on any atom is -0.480 e. The number of benzene rings is 1. The molecule has 3 rings (SSSR count). The number of nitrogens with two attached hydrogens (primary N) is 1. The van der Waals surface area contributed by atoms with Gasteiger partial charge in [-0.2, -0.15) is 0 Å². The van der Waals surface area contributed by atoms with Crippen LogP contribution in [0.3, 0.4) is 0 Å². The van der Waals surface area contributed by atoms with Gasteiger partial charge in [0, 0.05) is 30.6 Å². The number of para-hydroxylation sites is 1. The Morgan fingerprint density at radius 3 is 2.33 bits per heavy atom. The van der Waals surface area contributed by atoms with E-state index in [1.54, 1.807) is 11.0 Å². The van der Waals surface area contributed by atoms with Crippen molar-refractivity contribution in [2.45, 2.75) is 38.8 Å². The van der Waals surface area contributed by atoms with Crippen molar-refractivity contribution in [1.29, 1.82) is 0 Å². The first-order valence-electron chi connectivity index (χ1n) is 10.9. The van der Waals surface area contributed by atoms with E-state index >= 15 is 0 Å². The lowest BCUT2D eigenvalue weighted by atomic mass is 10.1. The van der Waals surface area contributed by atoms with Crippen molar-refractivity contribution in [1.82, 2.24) is 15.2 Å². The molecule has 0 bridgehead atoms. The average molecular weight is 461 g/mol. The monoisotopic (exact) mass is 460 g/mol. The minimum absolute atomic E-state index is 0.135. The molecule has 1 aromatic heterocycles. The first-order chi connectivity index (χ1) is 15.7. The maximum Gasteiger partial charge on any atom is 0.326 e. The fourth-order valence-electron chi connectivity index (χ4n) is 3.25. The number of fused-ring (bicyclic) bond motifs is 1. The van der Waals surface area contributed by atoms with Gasteiger partial charge in [-0.3, -0.25) is 9.78 Å². The van der Waals surface area contributed by atoms with E-state index in [1.807, 2.05) is 44.2 Å². The van der Waals surface area contributed by atoms with Gasteiger partial charge in [0.15, 0.2) is 0 Å². The maximum absolute atomic E-state index is 12.2. The molecule has 1 aliphatic rings. The van der Waals surface area contributed by atoms with Crippen LogP contribution in [-0.4, -0.2) is 76.5 Å². The third-order valence-corrected chi connectivity index (χ3v) is 5.01. The number of hydrogen-bond acceptors (Lipinski definition) is 6. The van der Waals surface area contributed by atoms with E-state index < -0.39 is 24.0 Å². The van der Waals surface area contributed by atoms with E-state index in [0.29, 0.717) is 44.3 Å². The molecule has 1 fully saturated rings. The van der Waals surface area contributed by atoms with Gasteiger partial charge in [0.1, 0.15) is 12.1 Å². The number of morpholine rings is 1. The van der Waals surface area contributed by atoms with Crippen LogP contribution < -0.4 is 11.1 Å². The number of amides is 2. The SMILES string of the molecule is CC(C)C[C@H](N)C(=O)O.O=C(O)[C@H](Cc1ccc2ccccc2n1)NC(=O)N1CCOCC1. The Morgan fingerprint density at radius 1 is 1.09 bits per heavy atom. The second-order valence-electron chi connectivity index (χ2n) is 8.21. The van der Waals surface area contributed by atoms with E-state index in [2.05, 4.69) is 10.3 Å². The molecule has 33 heavy (non-hydrogen) atoms. The van der Waals surface area contributed by atoms with E-state index in [9.17, 15) is 19.5 Å². The summed E-state index contributed by atoms with van der Waals surface area (Å²) in [7, 11) is 0. The number of aromatic nitrogens is 1. The molecular weight excluding hydrogens is 428 g/mol. The summed E-state index contributed by atoms with van der Waals surface area (Å²) in [6.07, 6.45) is 0.686. The molecule has 1 aromatic carbocycles. The van der Waals surface area contributed by atoms with Crippen LogP contribution >= 0.6 is 0 Å². The first kappa shape index (κ1) is 26.0. The summed E-state index contributed by atoms with van der Waals surface area (Å²) in [6.45, 7) is 5.76. The molecule has 0 radical (unpaired) electrons. The third-order valence-electron chi connectivity index (χ3n) is 5.01. The Hall–Kier alpha value is -3.24. The summed E-state index contributed by atoms with van der Waals surface area (Å²) in [5.41, 5.74) is 6.65. The van der Waals surface area contributed by atoms with Crippen LogP contribution in [0.4, 0.5) is 4.79 Å². The summed E-state index contributed by atoms with van der Waals surface area (Å²) in [4.78, 5) is 39.8. The maximum atomic E-state index is 12.2. The number of ether oxygens (including phenoxy) is 1. The molecule has 1 saturated heterocycles. The molecule has 0 spiro atoms. The molecule has 10 heteroatoms. The van der Waals surface area contributed by atoms with Gasteiger partial charge in [0.25, 0.3) is 0 Å². The number of hydrogen-bond donors (Lipinski definition) is 4. The zero-order chi connectivity index (χ0) is 24.4. The van der Waals surface area contributed by atoms with Crippen LogP contribution in [0.5, 0.6) is 0 Å². The van der Waals surface area contributed by atoms with E-state index in [-0.39, 0.29) is 12.5 Å². The van der Waals surface area contributed by atoms with Crippen molar-refractivity contribution < 1.29 is 29.3 Å². The predicted octanol–water partition coefficient (Wildman–Crippen LogP) is 1.72. The molecule has 2 amide bonds. The second-order valence-corrected chi connectivity index (χ2v) is 8.21. The number of pyridine rings is 1. The molecule has 5 N–H and O–H groups in total. The fourth-order valence-corrected chi connectivity index (χ4v) is 3.25. The number of carbonyl (C=O) groups is 3. The number of nitrogens with zero attached hydrogens (tertiary/aromatic N) is 2. The quantitative estimate of drug-likeness (QED) is 0.487. The normalized spacial score (nSPS) is 15.3. The lowest BCUT2D eigenvalue weighted by Gasteiger charge is -2.28. The lowest BCUT2D eigenvalue weighted by Crippen LogP contribution is -2.51. The number of carbonyl (C=O) groups excluding carboxylic acids is 1. The Bertz CT molecular complexity index is 945. The van der Waals surface area contributed by atoms with Gasteiger partial charge in [-0.1, -0.05) is 38.1 Å². The molecular formula is C23H32N4O6. The molecule has 0 unspecified atom stereocenters. The number of carboxylic acid groups (broad SMARTS) is 2. The summed E-state index contributed by atoms with van der Waals surface area (Å²) in [6, 6.07) is 9.23. The number of rotatable bonds is 7. The topological polar surface area (TPSA) is 155 Å². The van der Waals surface area contributed by atoms with E-state index in [0.717, 1.165) is 10.9 Å². The summed E-state index contributed by atoms with van der Waals surface area (Å²) in [5.74, 6) is -1.63. The molecule has 2 aromatic rings. The molecule has 2 atom stereocenters.